The van der Waals surface area contributed by atoms with E-state index < -0.39 is 5.97 Å². The van der Waals surface area contributed by atoms with E-state index in [1.54, 1.807) is 35.7 Å². The van der Waals surface area contributed by atoms with E-state index in [-0.39, 0.29) is 5.95 Å². The van der Waals surface area contributed by atoms with Gasteiger partial charge in [-0.05, 0) is 35.2 Å². The monoisotopic (exact) mass is 343 g/mol. The smallest absolute Gasteiger partial charge is 0.353 e. The van der Waals surface area contributed by atoms with Crippen LogP contribution in [0, 0.1) is 0 Å². The van der Waals surface area contributed by atoms with E-state index in [4.69, 9.17) is 9.47 Å². The molecule has 2 heterocycles. The minimum absolute atomic E-state index is 0.125. The van der Waals surface area contributed by atoms with Crippen LogP contribution < -0.4 is 9.47 Å². The molecule has 2 aromatic heterocycles. The zero-order valence-electron chi connectivity index (χ0n) is 12.4. The maximum absolute atomic E-state index is 12.0. The summed E-state index contributed by atoms with van der Waals surface area (Å²) in [4.78, 5) is 12.5. The van der Waals surface area contributed by atoms with Crippen molar-refractivity contribution in [3.8, 4) is 11.5 Å². The lowest BCUT2D eigenvalue weighted by atomic mass is 10.2. The molecule has 122 valence electrons. The lowest BCUT2D eigenvalue weighted by Gasteiger charge is -2.09. The predicted molar refractivity (Wildman–Crippen MR) is 87.1 cm³/mol. The van der Waals surface area contributed by atoms with Crippen molar-refractivity contribution in [1.29, 1.82) is 0 Å². The zero-order valence-corrected chi connectivity index (χ0v) is 13.2. The maximum atomic E-state index is 12.0. The van der Waals surface area contributed by atoms with Gasteiger partial charge in [-0.15, -0.1) is 16.6 Å². The highest BCUT2D eigenvalue weighted by molar-refractivity contribution is 7.12. The molecule has 0 fully saturated rings. The van der Waals surface area contributed by atoms with Crippen LogP contribution in [0.1, 0.15) is 15.2 Å². The number of benzene rings is 1. The number of nitrogens with zero attached hydrogens (tertiary/aromatic N) is 5. The van der Waals surface area contributed by atoms with Crippen LogP contribution in [-0.4, -0.2) is 39.9 Å². The van der Waals surface area contributed by atoms with Gasteiger partial charge in [0.25, 0.3) is 0 Å². The molecule has 0 radical (unpaired) electrons. The number of carbonyl (C=O) groups is 1. The summed E-state index contributed by atoms with van der Waals surface area (Å²) in [7, 11) is 1.49. The number of methoxy groups -OCH3 is 1. The first-order valence-corrected chi connectivity index (χ1v) is 7.55. The second-order valence-electron chi connectivity index (χ2n) is 4.33. The number of rotatable bonds is 6. The molecule has 1 N–H and O–H groups in total. The first kappa shape index (κ1) is 15.6. The van der Waals surface area contributed by atoms with Gasteiger partial charge in [0.1, 0.15) is 4.88 Å². The lowest BCUT2D eigenvalue weighted by Crippen LogP contribution is -2.07. The van der Waals surface area contributed by atoms with Crippen LogP contribution in [0.4, 0.5) is 5.95 Å². The average Bonchev–Trinajstić information content (AvgIpc) is 3.29. The third kappa shape index (κ3) is 3.73. The Hall–Kier alpha value is -3.27. The predicted octanol–water partition coefficient (Wildman–Crippen LogP) is 2.53. The van der Waals surface area contributed by atoms with Crippen LogP contribution in [0.5, 0.6) is 11.5 Å². The summed E-state index contributed by atoms with van der Waals surface area (Å²) >= 11 is 1.31. The van der Waals surface area contributed by atoms with Gasteiger partial charge in [0.15, 0.2) is 11.5 Å². The van der Waals surface area contributed by atoms with Crippen LogP contribution in [0.2, 0.25) is 0 Å². The van der Waals surface area contributed by atoms with Crippen molar-refractivity contribution in [3.63, 3.8) is 0 Å². The summed E-state index contributed by atoms with van der Waals surface area (Å²) in [6.45, 7) is 0. The largest absolute Gasteiger partial charge is 0.493 e. The molecule has 0 unspecified atom stereocenters. The molecule has 10 heteroatoms. The van der Waals surface area contributed by atoms with Crippen molar-refractivity contribution < 1.29 is 14.3 Å². The molecule has 0 bridgehead atoms. The average molecular weight is 343 g/mol. The number of esters is 1. The first-order valence-electron chi connectivity index (χ1n) is 6.67. The van der Waals surface area contributed by atoms with Gasteiger partial charge in [-0.1, -0.05) is 6.07 Å². The van der Waals surface area contributed by atoms with E-state index >= 15 is 0 Å². The van der Waals surface area contributed by atoms with Gasteiger partial charge < -0.3 is 9.47 Å². The Kier molecular flexibility index (Phi) is 4.77. The molecule has 0 spiro atoms. The molecule has 0 amide bonds. The molecule has 1 aromatic carbocycles. The number of carbonyl (C=O) groups excluding carboxylic acids is 1. The molecular weight excluding hydrogens is 332 g/mol. The molecule has 0 saturated carbocycles. The molecule has 24 heavy (non-hydrogen) atoms. The first-order chi connectivity index (χ1) is 11.8. The molecule has 9 nitrogen and oxygen atoms in total. The van der Waals surface area contributed by atoms with E-state index in [2.05, 4.69) is 31.2 Å². The molecule has 0 saturated heterocycles. The summed E-state index contributed by atoms with van der Waals surface area (Å²) in [5.74, 6) is 0.420. The summed E-state index contributed by atoms with van der Waals surface area (Å²) in [5, 5.41) is 18.6. The minimum atomic E-state index is -0.433. The van der Waals surface area contributed by atoms with E-state index in [9.17, 15) is 4.79 Å². The topological polar surface area (TPSA) is 116 Å². The fraction of sp³-hybridized carbons (Fsp3) is 0.0714. The summed E-state index contributed by atoms with van der Waals surface area (Å²) in [5.41, 5.74) is 4.45. The fourth-order valence-corrected chi connectivity index (χ4v) is 2.34. The van der Waals surface area contributed by atoms with Crippen molar-refractivity contribution in [2.45, 2.75) is 0 Å². The normalized spacial score (nSPS) is 10.7. The highest BCUT2D eigenvalue weighted by Gasteiger charge is 2.13. The van der Waals surface area contributed by atoms with E-state index in [0.717, 1.165) is 0 Å². The molecule has 0 aliphatic carbocycles. The third-order valence-corrected chi connectivity index (χ3v) is 3.65. The van der Waals surface area contributed by atoms with Crippen LogP contribution in [0.25, 0.3) is 5.43 Å². The summed E-state index contributed by atoms with van der Waals surface area (Å²) in [6.07, 6.45) is 1.49. The van der Waals surface area contributed by atoms with E-state index in [0.29, 0.717) is 21.9 Å². The number of aromatic amines is 1. The van der Waals surface area contributed by atoms with Crippen molar-refractivity contribution in [2.24, 2.45) is 5.10 Å². The standard InChI is InChI=1S/C14H11N6O3S/c1-22-11-7-9(8-15-16-14-17-19-20-18-14)4-5-10(11)23-13(21)12-3-2-6-24-12/h2-8H,1H3,(H-,16,17,18,19,20)/q-1/b15-8-. The molecular formula is C14H11N6O3S-. The number of H-pyrrole nitrogens is 1. The fourth-order valence-electron chi connectivity index (χ4n) is 1.74. The molecule has 3 aromatic rings. The number of aromatic nitrogens is 4. The zero-order chi connectivity index (χ0) is 16.8. The summed E-state index contributed by atoms with van der Waals surface area (Å²) in [6, 6.07) is 8.49. The van der Waals surface area contributed by atoms with Gasteiger partial charge >= 0.3 is 5.97 Å². The Morgan fingerprint density at radius 3 is 3.00 bits per heavy atom. The Morgan fingerprint density at radius 2 is 2.29 bits per heavy atom. The summed E-state index contributed by atoms with van der Waals surface area (Å²) < 4.78 is 10.6. The maximum Gasteiger partial charge on any atom is 0.353 e. The quantitative estimate of drug-likeness (QED) is 0.318. The highest BCUT2D eigenvalue weighted by atomic mass is 32.1. The van der Waals surface area contributed by atoms with Gasteiger partial charge in [-0.3, -0.25) is 20.8 Å². The molecule has 0 atom stereocenters. The Morgan fingerprint density at radius 1 is 1.38 bits per heavy atom. The van der Waals surface area contributed by atoms with E-state index in [1.807, 2.05) is 0 Å². The van der Waals surface area contributed by atoms with Crippen LogP contribution >= 0.6 is 11.3 Å². The Labute approximate surface area is 140 Å². The lowest BCUT2D eigenvalue weighted by molar-refractivity contribution is 0.0735. The van der Waals surface area contributed by atoms with Gasteiger partial charge in [0.2, 0.25) is 0 Å². The molecule has 0 aliphatic rings. The minimum Gasteiger partial charge on any atom is -0.493 e. The van der Waals surface area contributed by atoms with Crippen LogP contribution in [0.3, 0.4) is 0 Å². The number of hydrogen-bond acceptors (Lipinski definition) is 8. The SMILES string of the molecule is COc1cc(/C=N\[N-]c2nn[nH]n2)ccc1OC(=O)c1cccs1. The second kappa shape index (κ2) is 7.33. The van der Waals surface area contributed by atoms with Crippen molar-refractivity contribution in [3.05, 3.63) is 51.6 Å². The number of nitrogens with one attached hydrogen (secondary N) is 1. The number of tetrazole rings is 1. The molecule has 3 rings (SSSR count). The van der Waals surface area contributed by atoms with Gasteiger partial charge in [-0.25, -0.2) is 9.90 Å². The van der Waals surface area contributed by atoms with Crippen molar-refractivity contribution in [1.82, 2.24) is 20.6 Å². The van der Waals surface area contributed by atoms with E-state index in [1.165, 1.54) is 24.7 Å². The van der Waals surface area contributed by atoms with Gasteiger partial charge in [0.05, 0.1) is 13.1 Å². The number of ether oxygens (including phenoxy) is 2. The number of thiophene rings is 1. The highest BCUT2D eigenvalue weighted by Crippen LogP contribution is 2.29. The Balaban J connectivity index is 1.70. The van der Waals surface area contributed by atoms with Crippen molar-refractivity contribution >= 4 is 29.5 Å². The molecule has 0 aliphatic heterocycles. The van der Waals surface area contributed by atoms with Crippen molar-refractivity contribution in [2.75, 3.05) is 7.11 Å². The number of hydrogen-bond donors (Lipinski definition) is 1. The van der Waals surface area contributed by atoms with Crippen LogP contribution in [0.15, 0.2) is 40.8 Å². The van der Waals surface area contributed by atoms with Gasteiger partial charge in [0, 0.05) is 6.21 Å². The second-order valence-corrected chi connectivity index (χ2v) is 5.28. The Bertz CT molecular complexity index is 832. The van der Waals surface area contributed by atoms with Gasteiger partial charge in [-0.2, -0.15) is 0 Å². The van der Waals surface area contributed by atoms with Crippen LogP contribution in [-0.2, 0) is 0 Å². The third-order valence-electron chi connectivity index (χ3n) is 2.80.